The molecule has 0 N–H and O–H groups in total. The Morgan fingerprint density at radius 3 is 2.28 bits per heavy atom. The number of hydrogen-bond acceptors (Lipinski definition) is 1. The molecule has 1 aromatic rings. The van der Waals surface area contributed by atoms with E-state index in [1.54, 1.807) is 0 Å². The fraction of sp³-hybridized carbons (Fsp3) is 0.417. The Kier molecular flexibility index (Phi) is 3.98. The van der Waals surface area contributed by atoms with Crippen LogP contribution >= 0.6 is 0 Å². The van der Waals surface area contributed by atoms with Crippen molar-refractivity contribution in [3.63, 3.8) is 0 Å². The Bertz CT molecular complexity index is 468. The first-order valence-electron chi connectivity index (χ1n) is 5.47. The Labute approximate surface area is 102 Å². The molecule has 0 fully saturated rings. The molecule has 100 valence electrons. The van der Waals surface area contributed by atoms with Crippen molar-refractivity contribution in [2.24, 2.45) is 0 Å². The van der Waals surface area contributed by atoms with Crippen LogP contribution in [0.5, 0.6) is 0 Å². The van der Waals surface area contributed by atoms with Crippen molar-refractivity contribution in [1.82, 2.24) is 0 Å². The molecule has 1 aliphatic rings. The van der Waals surface area contributed by atoms with E-state index in [9.17, 15) is 22.4 Å². The maximum absolute atomic E-state index is 13.5. The van der Waals surface area contributed by atoms with Crippen LogP contribution in [0.3, 0.4) is 0 Å². The fourth-order valence-corrected chi connectivity index (χ4v) is 1.72. The number of anilines is 1. The first-order valence-corrected chi connectivity index (χ1v) is 5.47. The second-order valence-corrected chi connectivity index (χ2v) is 3.55. The van der Waals surface area contributed by atoms with E-state index in [1.807, 2.05) is 13.8 Å². The minimum absolute atomic E-state index is 0.178. The van der Waals surface area contributed by atoms with Crippen LogP contribution < -0.4 is 4.90 Å². The SMILES string of the molecule is CC.CN1C(=O)Cc2c1ccc(C(F)(F)F)c2F. The quantitative estimate of drug-likeness (QED) is 0.657. The van der Waals surface area contributed by atoms with Crippen molar-refractivity contribution in [3.05, 3.63) is 29.1 Å². The molecule has 0 aliphatic carbocycles. The standard InChI is InChI=1S/C10H7F4NO.C2H6/c1-15-7-3-2-6(10(12,13)14)9(11)5(7)4-8(15)16;1-2/h2-3H,4H2,1H3;1-2H3. The van der Waals surface area contributed by atoms with Gasteiger partial charge in [0.05, 0.1) is 12.0 Å². The van der Waals surface area contributed by atoms with Crippen molar-refractivity contribution in [1.29, 1.82) is 0 Å². The van der Waals surface area contributed by atoms with Gasteiger partial charge >= 0.3 is 6.18 Å². The molecular formula is C12H13F4NO. The summed E-state index contributed by atoms with van der Waals surface area (Å²) in [6, 6.07) is 1.77. The molecule has 0 bridgehead atoms. The van der Waals surface area contributed by atoms with E-state index in [2.05, 4.69) is 0 Å². The van der Waals surface area contributed by atoms with E-state index < -0.39 is 23.5 Å². The van der Waals surface area contributed by atoms with Gasteiger partial charge in [0.15, 0.2) is 0 Å². The predicted octanol–water partition coefficient (Wildman–Crippen LogP) is 3.39. The zero-order chi connectivity index (χ0) is 14.1. The highest BCUT2D eigenvalue weighted by atomic mass is 19.4. The maximum atomic E-state index is 13.5. The molecule has 1 amide bonds. The first kappa shape index (κ1) is 14.5. The summed E-state index contributed by atoms with van der Waals surface area (Å²) < 4.78 is 50.6. The van der Waals surface area contributed by atoms with Gasteiger partial charge in [-0.15, -0.1) is 0 Å². The average Bonchev–Trinajstić information content (AvgIpc) is 2.59. The summed E-state index contributed by atoms with van der Waals surface area (Å²) in [6.45, 7) is 4.00. The van der Waals surface area contributed by atoms with Crippen LogP contribution in [0.25, 0.3) is 0 Å². The lowest BCUT2D eigenvalue weighted by Gasteiger charge is -2.13. The first-order chi connectivity index (χ1) is 8.32. The topological polar surface area (TPSA) is 20.3 Å². The molecular weight excluding hydrogens is 250 g/mol. The Morgan fingerprint density at radius 1 is 1.22 bits per heavy atom. The summed E-state index contributed by atoms with van der Waals surface area (Å²) in [7, 11) is 1.40. The van der Waals surface area contributed by atoms with Crippen molar-refractivity contribution in [2.45, 2.75) is 26.4 Å². The lowest BCUT2D eigenvalue weighted by Crippen LogP contribution is -2.20. The van der Waals surface area contributed by atoms with Crippen molar-refractivity contribution >= 4 is 11.6 Å². The van der Waals surface area contributed by atoms with Gasteiger partial charge in [-0.1, -0.05) is 13.8 Å². The molecule has 2 nitrogen and oxygen atoms in total. The Morgan fingerprint density at radius 2 is 1.78 bits per heavy atom. The van der Waals surface area contributed by atoms with Gasteiger partial charge in [-0.05, 0) is 12.1 Å². The van der Waals surface area contributed by atoms with Gasteiger partial charge < -0.3 is 4.90 Å². The van der Waals surface area contributed by atoms with Crippen molar-refractivity contribution in [2.75, 3.05) is 11.9 Å². The number of halogens is 4. The molecule has 1 aliphatic heterocycles. The number of carbonyl (C=O) groups is 1. The predicted molar refractivity (Wildman–Crippen MR) is 59.9 cm³/mol. The van der Waals surface area contributed by atoms with E-state index in [4.69, 9.17) is 0 Å². The second kappa shape index (κ2) is 4.96. The van der Waals surface area contributed by atoms with Crippen LogP contribution in [0.15, 0.2) is 12.1 Å². The van der Waals surface area contributed by atoms with Gasteiger partial charge in [0.25, 0.3) is 0 Å². The maximum Gasteiger partial charge on any atom is 0.419 e. The lowest BCUT2D eigenvalue weighted by molar-refractivity contribution is -0.140. The van der Waals surface area contributed by atoms with Gasteiger partial charge in [0.1, 0.15) is 5.82 Å². The number of alkyl halides is 3. The van der Waals surface area contributed by atoms with Gasteiger partial charge in [0, 0.05) is 18.3 Å². The van der Waals surface area contributed by atoms with Crippen LogP contribution in [0.4, 0.5) is 23.2 Å². The number of rotatable bonds is 0. The average molecular weight is 263 g/mol. The summed E-state index contributed by atoms with van der Waals surface area (Å²) in [4.78, 5) is 12.4. The highest BCUT2D eigenvalue weighted by molar-refractivity contribution is 6.01. The number of hydrogen-bond donors (Lipinski definition) is 0. The van der Waals surface area contributed by atoms with Gasteiger partial charge in [0.2, 0.25) is 5.91 Å². The summed E-state index contributed by atoms with van der Waals surface area (Å²) in [5.41, 5.74) is -1.30. The lowest BCUT2D eigenvalue weighted by atomic mass is 10.1. The molecule has 0 atom stereocenters. The molecule has 0 radical (unpaired) electrons. The van der Waals surface area contributed by atoms with Crippen molar-refractivity contribution in [3.8, 4) is 0 Å². The van der Waals surface area contributed by atoms with E-state index in [-0.39, 0.29) is 17.7 Å². The molecule has 6 heteroatoms. The monoisotopic (exact) mass is 263 g/mol. The minimum Gasteiger partial charge on any atom is -0.315 e. The van der Waals surface area contributed by atoms with Crippen LogP contribution in [-0.4, -0.2) is 13.0 Å². The van der Waals surface area contributed by atoms with E-state index >= 15 is 0 Å². The molecule has 0 spiro atoms. The molecule has 0 saturated heterocycles. The molecule has 0 unspecified atom stereocenters. The minimum atomic E-state index is -4.73. The third kappa shape index (κ3) is 2.32. The third-order valence-electron chi connectivity index (χ3n) is 2.59. The van der Waals surface area contributed by atoms with Crippen LogP contribution in [0.1, 0.15) is 25.0 Å². The van der Waals surface area contributed by atoms with E-state index in [0.29, 0.717) is 6.07 Å². The highest BCUT2D eigenvalue weighted by Crippen LogP contribution is 2.38. The number of carbonyl (C=O) groups excluding carboxylic acids is 1. The molecule has 0 aromatic heterocycles. The van der Waals surface area contributed by atoms with Crippen LogP contribution in [0, 0.1) is 5.82 Å². The number of benzene rings is 1. The van der Waals surface area contributed by atoms with E-state index in [0.717, 1.165) is 11.0 Å². The zero-order valence-corrected chi connectivity index (χ0v) is 10.2. The van der Waals surface area contributed by atoms with Gasteiger partial charge in [-0.2, -0.15) is 13.2 Å². The number of nitrogens with zero attached hydrogens (tertiary/aromatic N) is 1. The molecule has 0 saturated carbocycles. The molecule has 1 heterocycles. The normalized spacial score (nSPS) is 14.2. The third-order valence-corrected chi connectivity index (χ3v) is 2.59. The molecule has 18 heavy (non-hydrogen) atoms. The number of amides is 1. The van der Waals surface area contributed by atoms with Gasteiger partial charge in [-0.25, -0.2) is 4.39 Å². The second-order valence-electron chi connectivity index (χ2n) is 3.55. The summed E-state index contributed by atoms with van der Waals surface area (Å²) >= 11 is 0. The zero-order valence-electron chi connectivity index (χ0n) is 10.2. The number of fused-ring (bicyclic) bond motifs is 1. The Balaban J connectivity index is 0.000000771. The molecule has 2 rings (SSSR count). The van der Waals surface area contributed by atoms with Crippen LogP contribution in [-0.2, 0) is 17.4 Å². The van der Waals surface area contributed by atoms with Crippen LogP contribution in [0.2, 0.25) is 0 Å². The highest BCUT2D eigenvalue weighted by Gasteiger charge is 2.38. The summed E-state index contributed by atoms with van der Waals surface area (Å²) in [5.74, 6) is -1.75. The van der Waals surface area contributed by atoms with E-state index in [1.165, 1.54) is 7.05 Å². The largest absolute Gasteiger partial charge is 0.419 e. The number of likely N-dealkylation sites (N-methyl/N-ethyl adjacent to an activating group) is 1. The fourth-order valence-electron chi connectivity index (χ4n) is 1.72. The van der Waals surface area contributed by atoms with Gasteiger partial charge in [-0.3, -0.25) is 4.79 Å². The van der Waals surface area contributed by atoms with Crippen molar-refractivity contribution < 1.29 is 22.4 Å². The Hall–Kier alpha value is -1.59. The summed E-state index contributed by atoms with van der Waals surface area (Å²) in [5, 5.41) is 0. The molecule has 1 aromatic carbocycles. The summed E-state index contributed by atoms with van der Waals surface area (Å²) in [6.07, 6.45) is -5.05. The smallest absolute Gasteiger partial charge is 0.315 e.